The van der Waals surface area contributed by atoms with Gasteiger partial charge in [-0.1, -0.05) is 30.9 Å². The predicted octanol–water partition coefficient (Wildman–Crippen LogP) is 3.00. The van der Waals surface area contributed by atoms with Crippen molar-refractivity contribution < 1.29 is 0 Å². The van der Waals surface area contributed by atoms with Gasteiger partial charge in [-0.15, -0.1) is 0 Å². The van der Waals surface area contributed by atoms with Crippen LogP contribution in [0.15, 0.2) is 23.0 Å². The Labute approximate surface area is 122 Å². The maximum atomic E-state index is 12.0. The zero-order chi connectivity index (χ0) is 13.9. The van der Waals surface area contributed by atoms with Crippen LogP contribution in [0.1, 0.15) is 37.9 Å². The predicted molar refractivity (Wildman–Crippen MR) is 81.1 cm³/mol. The van der Waals surface area contributed by atoms with Crippen molar-refractivity contribution in [2.45, 2.75) is 44.7 Å². The van der Waals surface area contributed by atoms with E-state index in [4.69, 9.17) is 11.6 Å². The van der Waals surface area contributed by atoms with Crippen LogP contribution >= 0.6 is 11.6 Å². The lowest BCUT2D eigenvalue weighted by Crippen LogP contribution is -2.31. The first kappa shape index (κ1) is 13.6. The largest absolute Gasteiger partial charge is 0.309 e. The summed E-state index contributed by atoms with van der Waals surface area (Å²) in [5.41, 5.74) is 0.550. The van der Waals surface area contributed by atoms with Crippen molar-refractivity contribution in [3.05, 3.63) is 39.4 Å². The molecule has 0 unspecified atom stereocenters. The van der Waals surface area contributed by atoms with Gasteiger partial charge in [0.25, 0.3) is 5.56 Å². The molecule has 20 heavy (non-hydrogen) atoms. The summed E-state index contributed by atoms with van der Waals surface area (Å²) in [5, 5.41) is 4.66. The Hall–Kier alpha value is -1.39. The molecule has 2 N–H and O–H groups in total. The standard InChI is InChI=1S/C15H18ClN3O/c16-10-6-7-12-13(8-10)18-14(19-15(12)20)9-17-11-4-2-1-3-5-11/h6-8,11,17H,1-5,9H2,(H,18,19,20). The van der Waals surface area contributed by atoms with E-state index in [-0.39, 0.29) is 5.56 Å². The Morgan fingerprint density at radius 3 is 2.90 bits per heavy atom. The van der Waals surface area contributed by atoms with Gasteiger partial charge in [0.1, 0.15) is 5.82 Å². The maximum Gasteiger partial charge on any atom is 0.258 e. The summed E-state index contributed by atoms with van der Waals surface area (Å²) in [6.45, 7) is 0.600. The highest BCUT2D eigenvalue weighted by atomic mass is 35.5. The van der Waals surface area contributed by atoms with Gasteiger partial charge in [0.2, 0.25) is 0 Å². The third-order valence-electron chi connectivity index (χ3n) is 3.88. The van der Waals surface area contributed by atoms with Crippen LogP contribution in [0.25, 0.3) is 10.9 Å². The second kappa shape index (κ2) is 5.94. The average Bonchev–Trinajstić information content (AvgIpc) is 2.46. The van der Waals surface area contributed by atoms with E-state index in [0.29, 0.717) is 34.3 Å². The number of aromatic amines is 1. The van der Waals surface area contributed by atoms with E-state index in [0.717, 1.165) is 0 Å². The molecule has 0 amide bonds. The zero-order valence-electron chi connectivity index (χ0n) is 11.3. The Morgan fingerprint density at radius 2 is 2.10 bits per heavy atom. The first-order valence-electron chi connectivity index (χ1n) is 7.14. The second-order valence-corrected chi connectivity index (χ2v) is 5.83. The molecule has 1 aromatic heterocycles. The van der Waals surface area contributed by atoms with Gasteiger partial charge in [-0.25, -0.2) is 4.98 Å². The van der Waals surface area contributed by atoms with E-state index in [1.807, 2.05) is 0 Å². The number of benzene rings is 1. The summed E-state index contributed by atoms with van der Waals surface area (Å²) in [6, 6.07) is 5.70. The third-order valence-corrected chi connectivity index (χ3v) is 4.12. The summed E-state index contributed by atoms with van der Waals surface area (Å²) in [7, 11) is 0. The molecular formula is C15H18ClN3O. The Kier molecular flexibility index (Phi) is 4.03. The molecule has 1 aliphatic carbocycles. The fourth-order valence-corrected chi connectivity index (χ4v) is 2.96. The number of nitrogens with one attached hydrogen (secondary N) is 2. The van der Waals surface area contributed by atoms with Crippen molar-refractivity contribution in [1.82, 2.24) is 15.3 Å². The van der Waals surface area contributed by atoms with Gasteiger partial charge in [0.05, 0.1) is 17.4 Å². The monoisotopic (exact) mass is 291 g/mol. The molecule has 0 aliphatic heterocycles. The second-order valence-electron chi connectivity index (χ2n) is 5.39. The van der Waals surface area contributed by atoms with Gasteiger partial charge in [-0.05, 0) is 31.0 Å². The Balaban J connectivity index is 1.79. The SMILES string of the molecule is O=c1[nH]c(CNC2CCCCC2)nc2cc(Cl)ccc12. The van der Waals surface area contributed by atoms with Crippen molar-refractivity contribution in [3.8, 4) is 0 Å². The summed E-state index contributed by atoms with van der Waals surface area (Å²) < 4.78 is 0. The molecule has 1 heterocycles. The number of hydrogen-bond acceptors (Lipinski definition) is 3. The Morgan fingerprint density at radius 1 is 1.30 bits per heavy atom. The molecule has 0 saturated heterocycles. The molecule has 1 saturated carbocycles. The van der Waals surface area contributed by atoms with Crippen molar-refractivity contribution in [2.24, 2.45) is 0 Å². The minimum absolute atomic E-state index is 0.105. The van der Waals surface area contributed by atoms with E-state index in [2.05, 4.69) is 15.3 Å². The molecule has 4 nitrogen and oxygen atoms in total. The molecule has 0 radical (unpaired) electrons. The first-order chi connectivity index (χ1) is 9.72. The zero-order valence-corrected chi connectivity index (χ0v) is 12.0. The normalized spacial score (nSPS) is 16.6. The van der Waals surface area contributed by atoms with Crippen molar-refractivity contribution in [1.29, 1.82) is 0 Å². The molecule has 1 fully saturated rings. The number of fused-ring (bicyclic) bond motifs is 1. The van der Waals surface area contributed by atoms with Crippen LogP contribution in [-0.2, 0) is 6.54 Å². The fraction of sp³-hybridized carbons (Fsp3) is 0.467. The highest BCUT2D eigenvalue weighted by molar-refractivity contribution is 6.31. The Bertz CT molecular complexity index is 662. The molecule has 106 valence electrons. The van der Waals surface area contributed by atoms with E-state index in [1.165, 1.54) is 32.1 Å². The maximum absolute atomic E-state index is 12.0. The van der Waals surface area contributed by atoms with Gasteiger partial charge in [-0.3, -0.25) is 4.79 Å². The third kappa shape index (κ3) is 3.02. The van der Waals surface area contributed by atoms with Crippen molar-refractivity contribution in [3.63, 3.8) is 0 Å². The topological polar surface area (TPSA) is 57.8 Å². The van der Waals surface area contributed by atoms with Crippen LogP contribution < -0.4 is 10.9 Å². The lowest BCUT2D eigenvalue weighted by atomic mass is 9.95. The van der Waals surface area contributed by atoms with Crippen LogP contribution in [0.2, 0.25) is 5.02 Å². The van der Waals surface area contributed by atoms with Crippen molar-refractivity contribution in [2.75, 3.05) is 0 Å². The quantitative estimate of drug-likeness (QED) is 0.914. The van der Waals surface area contributed by atoms with E-state index >= 15 is 0 Å². The van der Waals surface area contributed by atoms with Crippen LogP contribution in [0.4, 0.5) is 0 Å². The fourth-order valence-electron chi connectivity index (χ4n) is 2.79. The number of aromatic nitrogens is 2. The lowest BCUT2D eigenvalue weighted by Gasteiger charge is -2.22. The smallest absolute Gasteiger partial charge is 0.258 e. The number of halogens is 1. The number of nitrogens with zero attached hydrogens (tertiary/aromatic N) is 1. The summed E-state index contributed by atoms with van der Waals surface area (Å²) >= 11 is 5.95. The van der Waals surface area contributed by atoms with E-state index < -0.39 is 0 Å². The molecule has 5 heteroatoms. The highest BCUT2D eigenvalue weighted by Gasteiger charge is 2.13. The first-order valence-corrected chi connectivity index (χ1v) is 7.52. The molecule has 2 aromatic rings. The van der Waals surface area contributed by atoms with Crippen LogP contribution in [0.5, 0.6) is 0 Å². The minimum Gasteiger partial charge on any atom is -0.309 e. The number of hydrogen-bond donors (Lipinski definition) is 2. The van der Waals surface area contributed by atoms with Crippen LogP contribution in [0, 0.1) is 0 Å². The van der Waals surface area contributed by atoms with Crippen LogP contribution in [0.3, 0.4) is 0 Å². The van der Waals surface area contributed by atoms with E-state index in [1.54, 1.807) is 18.2 Å². The lowest BCUT2D eigenvalue weighted by molar-refractivity contribution is 0.369. The van der Waals surface area contributed by atoms with Gasteiger partial charge in [0, 0.05) is 11.1 Å². The van der Waals surface area contributed by atoms with Crippen molar-refractivity contribution >= 4 is 22.5 Å². The summed E-state index contributed by atoms with van der Waals surface area (Å²) in [5.74, 6) is 0.676. The average molecular weight is 292 g/mol. The van der Waals surface area contributed by atoms with Gasteiger partial charge >= 0.3 is 0 Å². The summed E-state index contributed by atoms with van der Waals surface area (Å²) in [6.07, 6.45) is 6.33. The van der Waals surface area contributed by atoms with Crippen LogP contribution in [-0.4, -0.2) is 16.0 Å². The van der Waals surface area contributed by atoms with Gasteiger partial charge < -0.3 is 10.3 Å². The molecule has 0 spiro atoms. The highest BCUT2D eigenvalue weighted by Crippen LogP contribution is 2.18. The van der Waals surface area contributed by atoms with Gasteiger partial charge in [0.15, 0.2) is 0 Å². The molecule has 0 bridgehead atoms. The molecule has 3 rings (SSSR count). The summed E-state index contributed by atoms with van der Waals surface area (Å²) in [4.78, 5) is 19.3. The minimum atomic E-state index is -0.105. The van der Waals surface area contributed by atoms with E-state index in [9.17, 15) is 4.79 Å². The molecular weight excluding hydrogens is 274 g/mol. The molecule has 1 aromatic carbocycles. The number of rotatable bonds is 3. The number of H-pyrrole nitrogens is 1. The molecule has 1 aliphatic rings. The molecule has 0 atom stereocenters. The van der Waals surface area contributed by atoms with Gasteiger partial charge in [-0.2, -0.15) is 0 Å².